The molecule has 1 aromatic rings. The summed E-state index contributed by atoms with van der Waals surface area (Å²) in [6.45, 7) is 5.65. The van der Waals surface area contributed by atoms with Gasteiger partial charge in [-0.3, -0.25) is 4.90 Å². The summed E-state index contributed by atoms with van der Waals surface area (Å²) >= 11 is 0. The maximum absolute atomic E-state index is 12.6. The molecule has 0 aromatic carbocycles. The van der Waals surface area contributed by atoms with Gasteiger partial charge in [0.15, 0.2) is 0 Å². The molecule has 1 aliphatic heterocycles. The van der Waals surface area contributed by atoms with Gasteiger partial charge < -0.3 is 10.1 Å². The third-order valence-electron chi connectivity index (χ3n) is 2.79. The highest BCUT2D eigenvalue weighted by Gasteiger charge is 2.08. The molecule has 94 valence electrons. The van der Waals surface area contributed by atoms with E-state index < -0.39 is 0 Å². The predicted molar refractivity (Wildman–Crippen MR) is 64.6 cm³/mol. The Balaban J connectivity index is 1.60. The number of anilines is 1. The number of hydrogen-bond acceptors (Lipinski definition) is 4. The minimum Gasteiger partial charge on any atom is -0.379 e. The molecule has 0 spiro atoms. The van der Waals surface area contributed by atoms with Crippen LogP contribution >= 0.6 is 0 Å². The van der Waals surface area contributed by atoms with Crippen molar-refractivity contribution in [2.45, 2.75) is 6.42 Å². The fourth-order valence-corrected chi connectivity index (χ4v) is 1.82. The van der Waals surface area contributed by atoms with Crippen LogP contribution in [0.25, 0.3) is 0 Å². The van der Waals surface area contributed by atoms with Crippen molar-refractivity contribution in [2.24, 2.45) is 0 Å². The van der Waals surface area contributed by atoms with E-state index in [0.29, 0.717) is 0 Å². The molecule has 0 unspecified atom stereocenters. The molecule has 0 atom stereocenters. The zero-order valence-corrected chi connectivity index (χ0v) is 9.86. The van der Waals surface area contributed by atoms with E-state index in [1.165, 1.54) is 12.3 Å². The third-order valence-corrected chi connectivity index (χ3v) is 2.79. The van der Waals surface area contributed by atoms with E-state index in [1.54, 1.807) is 6.07 Å². The molecule has 1 fully saturated rings. The smallest absolute Gasteiger partial charge is 0.141 e. The van der Waals surface area contributed by atoms with E-state index in [1.807, 2.05) is 0 Å². The lowest BCUT2D eigenvalue weighted by atomic mass is 10.3. The largest absolute Gasteiger partial charge is 0.379 e. The van der Waals surface area contributed by atoms with Crippen LogP contribution in [-0.4, -0.2) is 49.3 Å². The minimum atomic E-state index is -0.302. The molecule has 0 saturated carbocycles. The highest BCUT2D eigenvalue weighted by atomic mass is 19.1. The molecule has 4 nitrogen and oxygen atoms in total. The number of pyridine rings is 1. The first kappa shape index (κ1) is 12.3. The molecule has 1 saturated heterocycles. The molecule has 1 aromatic heterocycles. The molecule has 2 heterocycles. The average Bonchev–Trinajstić information content (AvgIpc) is 2.38. The van der Waals surface area contributed by atoms with E-state index in [-0.39, 0.29) is 5.82 Å². The van der Waals surface area contributed by atoms with Crippen molar-refractivity contribution in [3.05, 3.63) is 24.1 Å². The first-order chi connectivity index (χ1) is 8.34. The van der Waals surface area contributed by atoms with Crippen molar-refractivity contribution in [2.75, 3.05) is 44.7 Å². The lowest BCUT2D eigenvalue weighted by Crippen LogP contribution is -2.37. The Labute approximate surface area is 101 Å². The maximum Gasteiger partial charge on any atom is 0.141 e. The number of aromatic nitrogens is 1. The summed E-state index contributed by atoms with van der Waals surface area (Å²) in [5, 5.41) is 3.18. The number of nitrogens with one attached hydrogen (secondary N) is 1. The molecule has 5 heteroatoms. The summed E-state index contributed by atoms with van der Waals surface area (Å²) < 4.78 is 17.9. The quantitative estimate of drug-likeness (QED) is 0.787. The van der Waals surface area contributed by atoms with Gasteiger partial charge in [-0.1, -0.05) is 0 Å². The van der Waals surface area contributed by atoms with Gasteiger partial charge in [0.1, 0.15) is 11.6 Å². The van der Waals surface area contributed by atoms with Crippen molar-refractivity contribution in [1.82, 2.24) is 9.88 Å². The molecule has 0 bridgehead atoms. The SMILES string of the molecule is Fc1ccc(NCCCN2CCOCC2)nc1. The van der Waals surface area contributed by atoms with Crippen molar-refractivity contribution in [1.29, 1.82) is 0 Å². The van der Waals surface area contributed by atoms with Gasteiger partial charge in [0.2, 0.25) is 0 Å². The fraction of sp³-hybridized carbons (Fsp3) is 0.583. The zero-order chi connectivity index (χ0) is 11.9. The molecule has 17 heavy (non-hydrogen) atoms. The lowest BCUT2D eigenvalue weighted by molar-refractivity contribution is 0.0378. The number of rotatable bonds is 5. The Morgan fingerprint density at radius 1 is 1.35 bits per heavy atom. The third kappa shape index (κ3) is 4.28. The van der Waals surface area contributed by atoms with Gasteiger partial charge in [-0.05, 0) is 25.1 Å². The standard InChI is InChI=1S/C12H18FN3O/c13-11-2-3-12(15-10-11)14-4-1-5-16-6-8-17-9-7-16/h2-3,10H,1,4-9H2,(H,14,15). The molecule has 1 N–H and O–H groups in total. The second-order valence-electron chi connectivity index (χ2n) is 4.10. The number of halogens is 1. The number of nitrogens with zero attached hydrogens (tertiary/aromatic N) is 2. The van der Waals surface area contributed by atoms with E-state index in [2.05, 4.69) is 15.2 Å². The first-order valence-corrected chi connectivity index (χ1v) is 6.00. The fourth-order valence-electron chi connectivity index (χ4n) is 1.82. The van der Waals surface area contributed by atoms with Crippen LogP contribution in [0.1, 0.15) is 6.42 Å². The predicted octanol–water partition coefficient (Wildman–Crippen LogP) is 1.35. The van der Waals surface area contributed by atoms with E-state index in [0.717, 1.165) is 51.6 Å². The van der Waals surface area contributed by atoms with Crippen LogP contribution in [0.15, 0.2) is 18.3 Å². The Morgan fingerprint density at radius 2 is 2.18 bits per heavy atom. The zero-order valence-electron chi connectivity index (χ0n) is 9.86. The van der Waals surface area contributed by atoms with Crippen LogP contribution in [-0.2, 0) is 4.74 Å². The van der Waals surface area contributed by atoms with Gasteiger partial charge in [-0.2, -0.15) is 0 Å². The average molecular weight is 239 g/mol. The summed E-state index contributed by atoms with van der Waals surface area (Å²) in [4.78, 5) is 6.34. The molecular formula is C12H18FN3O. The minimum absolute atomic E-state index is 0.302. The monoisotopic (exact) mass is 239 g/mol. The number of morpholine rings is 1. The van der Waals surface area contributed by atoms with Crippen molar-refractivity contribution < 1.29 is 9.13 Å². The second-order valence-corrected chi connectivity index (χ2v) is 4.10. The number of ether oxygens (including phenoxy) is 1. The van der Waals surface area contributed by atoms with Crippen LogP contribution in [0, 0.1) is 5.82 Å². The van der Waals surface area contributed by atoms with Crippen LogP contribution in [0.4, 0.5) is 10.2 Å². The summed E-state index contributed by atoms with van der Waals surface area (Å²) in [6.07, 6.45) is 2.28. The summed E-state index contributed by atoms with van der Waals surface area (Å²) in [6, 6.07) is 3.07. The van der Waals surface area contributed by atoms with E-state index >= 15 is 0 Å². The Kier molecular flexibility index (Phi) is 4.70. The van der Waals surface area contributed by atoms with Crippen molar-refractivity contribution in [3.63, 3.8) is 0 Å². The molecule has 0 aliphatic carbocycles. The van der Waals surface area contributed by atoms with E-state index in [4.69, 9.17) is 4.74 Å². The van der Waals surface area contributed by atoms with Crippen LogP contribution in [0.2, 0.25) is 0 Å². The lowest BCUT2D eigenvalue weighted by Gasteiger charge is -2.26. The Morgan fingerprint density at radius 3 is 2.88 bits per heavy atom. The van der Waals surface area contributed by atoms with Gasteiger partial charge in [0.05, 0.1) is 19.4 Å². The summed E-state index contributed by atoms with van der Waals surface area (Å²) in [7, 11) is 0. The molecule has 1 aliphatic rings. The summed E-state index contributed by atoms with van der Waals surface area (Å²) in [5.41, 5.74) is 0. The topological polar surface area (TPSA) is 37.4 Å². The van der Waals surface area contributed by atoms with Gasteiger partial charge in [0.25, 0.3) is 0 Å². The van der Waals surface area contributed by atoms with Gasteiger partial charge in [-0.25, -0.2) is 9.37 Å². The summed E-state index contributed by atoms with van der Waals surface area (Å²) in [5.74, 6) is 0.428. The Bertz CT molecular complexity index is 325. The number of hydrogen-bond donors (Lipinski definition) is 1. The van der Waals surface area contributed by atoms with Crippen LogP contribution < -0.4 is 5.32 Å². The van der Waals surface area contributed by atoms with Gasteiger partial charge >= 0.3 is 0 Å². The van der Waals surface area contributed by atoms with E-state index in [9.17, 15) is 4.39 Å². The molecule has 2 rings (SSSR count). The molecular weight excluding hydrogens is 221 g/mol. The highest BCUT2D eigenvalue weighted by molar-refractivity contribution is 5.33. The second kappa shape index (κ2) is 6.51. The van der Waals surface area contributed by atoms with Crippen molar-refractivity contribution in [3.8, 4) is 0 Å². The molecule has 0 radical (unpaired) electrons. The van der Waals surface area contributed by atoms with Crippen LogP contribution in [0.5, 0.6) is 0 Å². The first-order valence-electron chi connectivity index (χ1n) is 6.00. The van der Waals surface area contributed by atoms with Crippen molar-refractivity contribution >= 4 is 5.82 Å². The maximum atomic E-state index is 12.6. The van der Waals surface area contributed by atoms with Gasteiger partial charge in [0, 0.05) is 19.6 Å². The highest BCUT2D eigenvalue weighted by Crippen LogP contribution is 2.04. The van der Waals surface area contributed by atoms with Crippen LogP contribution in [0.3, 0.4) is 0 Å². The molecule has 0 amide bonds. The van der Waals surface area contributed by atoms with Gasteiger partial charge in [-0.15, -0.1) is 0 Å². The normalized spacial score (nSPS) is 17.0. The Hall–Kier alpha value is -1.20.